The Morgan fingerprint density at radius 2 is 1.77 bits per heavy atom. The number of ether oxygens (including phenoxy) is 1. The van der Waals surface area contributed by atoms with Crippen molar-refractivity contribution in [2.75, 3.05) is 27.2 Å². The van der Waals surface area contributed by atoms with Gasteiger partial charge in [-0.3, -0.25) is 0 Å². The van der Waals surface area contributed by atoms with Crippen molar-refractivity contribution in [3.63, 3.8) is 0 Å². The first-order chi connectivity index (χ1) is 12.4. The molecule has 0 atom stereocenters. The van der Waals surface area contributed by atoms with Crippen LogP contribution < -0.4 is 4.74 Å². The van der Waals surface area contributed by atoms with Crippen molar-refractivity contribution in [2.24, 2.45) is 0 Å². The van der Waals surface area contributed by atoms with E-state index in [-0.39, 0.29) is 0 Å². The van der Waals surface area contributed by atoms with Gasteiger partial charge in [-0.15, -0.1) is 0 Å². The third kappa shape index (κ3) is 4.19. The van der Waals surface area contributed by atoms with Crippen LogP contribution in [0.3, 0.4) is 0 Å². The van der Waals surface area contributed by atoms with Crippen molar-refractivity contribution in [3.8, 4) is 5.75 Å². The molecule has 0 aliphatic carbocycles. The fourth-order valence-corrected chi connectivity index (χ4v) is 4.86. The van der Waals surface area contributed by atoms with Crippen LogP contribution in [-0.4, -0.2) is 36.7 Å². The predicted molar refractivity (Wildman–Crippen MR) is 119 cm³/mol. The molecule has 0 fully saturated rings. The van der Waals surface area contributed by atoms with Crippen LogP contribution in [0.25, 0.3) is 10.9 Å². The molecule has 3 aromatic rings. The number of aromatic nitrogens is 1. The van der Waals surface area contributed by atoms with E-state index in [1.54, 1.807) is 0 Å². The molecular weight excluding hydrogens is 524 g/mol. The fraction of sp³-hybridized carbons (Fsp3) is 0.300. The van der Waals surface area contributed by atoms with Gasteiger partial charge in [-0.2, -0.15) is 0 Å². The highest BCUT2D eigenvalue weighted by atomic mass is 79.9. The summed E-state index contributed by atoms with van der Waals surface area (Å²) in [5.74, 6) is 0.955. The molecule has 0 bridgehead atoms. The van der Waals surface area contributed by atoms with Crippen LogP contribution in [0.1, 0.15) is 11.3 Å². The molecule has 0 amide bonds. The van der Waals surface area contributed by atoms with Crippen LogP contribution in [0.5, 0.6) is 5.75 Å². The fourth-order valence-electron chi connectivity index (χ4n) is 3.01. The Hall–Kier alpha value is -0.820. The zero-order chi connectivity index (χ0) is 18.8. The Kier molecular flexibility index (Phi) is 6.49. The van der Waals surface area contributed by atoms with E-state index in [1.807, 2.05) is 6.07 Å². The summed E-state index contributed by atoms with van der Waals surface area (Å²) in [6.45, 7) is 4.45. The van der Waals surface area contributed by atoms with E-state index in [4.69, 9.17) is 4.74 Å². The number of likely N-dealkylation sites (N-methyl/N-ethyl adjacent to an activating group) is 1. The number of rotatable bonds is 6. The van der Waals surface area contributed by atoms with E-state index in [2.05, 4.69) is 109 Å². The molecule has 3 nitrogen and oxygen atoms in total. The summed E-state index contributed by atoms with van der Waals surface area (Å²) in [4.78, 5) is 2.13. The van der Waals surface area contributed by atoms with Gasteiger partial charge in [0.05, 0.1) is 11.2 Å². The molecule has 0 radical (unpaired) electrons. The molecule has 1 heterocycles. The Labute approximate surface area is 179 Å². The van der Waals surface area contributed by atoms with E-state index >= 15 is 0 Å². The minimum Gasteiger partial charge on any atom is -0.490 e. The van der Waals surface area contributed by atoms with Gasteiger partial charge in [0.15, 0.2) is 0 Å². The average Bonchev–Trinajstić information content (AvgIpc) is 2.82. The first-order valence-corrected chi connectivity index (χ1v) is 10.7. The van der Waals surface area contributed by atoms with E-state index in [0.717, 1.165) is 48.9 Å². The lowest BCUT2D eigenvalue weighted by Gasteiger charge is -2.12. The van der Waals surface area contributed by atoms with Crippen molar-refractivity contribution in [2.45, 2.75) is 13.5 Å². The normalized spacial score (nSPS) is 11.5. The van der Waals surface area contributed by atoms with Gasteiger partial charge in [0, 0.05) is 31.9 Å². The molecule has 0 saturated carbocycles. The summed E-state index contributed by atoms with van der Waals surface area (Å²) >= 11 is 11.0. The highest BCUT2D eigenvalue weighted by molar-refractivity contribution is 9.11. The SMILES string of the molecule is Cc1c(OCCN(C)C)c2cc(Br)cc(Br)c2n1Cc1ccccc1Br. The van der Waals surface area contributed by atoms with Crippen LogP contribution in [0, 0.1) is 6.92 Å². The Morgan fingerprint density at radius 1 is 1.04 bits per heavy atom. The Balaban J connectivity index is 2.10. The van der Waals surface area contributed by atoms with Gasteiger partial charge in [-0.1, -0.05) is 50.1 Å². The number of nitrogens with zero attached hydrogens (tertiary/aromatic N) is 2. The lowest BCUT2D eigenvalue weighted by atomic mass is 10.2. The highest BCUT2D eigenvalue weighted by Gasteiger charge is 2.19. The second-order valence-corrected chi connectivity index (χ2v) is 9.15. The molecule has 2 aromatic carbocycles. The summed E-state index contributed by atoms with van der Waals surface area (Å²) in [7, 11) is 4.11. The third-order valence-electron chi connectivity index (χ3n) is 4.35. The maximum Gasteiger partial charge on any atom is 0.147 e. The molecule has 0 aliphatic rings. The molecular formula is C20H21Br3N2O. The topological polar surface area (TPSA) is 17.4 Å². The van der Waals surface area contributed by atoms with Crippen molar-refractivity contribution in [1.82, 2.24) is 9.47 Å². The second kappa shape index (κ2) is 8.46. The number of benzene rings is 2. The first-order valence-electron chi connectivity index (χ1n) is 8.37. The molecule has 3 rings (SSSR count). The molecule has 1 aromatic heterocycles. The van der Waals surface area contributed by atoms with Crippen molar-refractivity contribution in [1.29, 1.82) is 0 Å². The zero-order valence-corrected chi connectivity index (χ0v) is 19.8. The summed E-state index contributed by atoms with van der Waals surface area (Å²) < 4.78 is 11.7. The molecule has 0 N–H and O–H groups in total. The summed E-state index contributed by atoms with van der Waals surface area (Å²) in [5, 5.41) is 1.12. The molecule has 0 aliphatic heterocycles. The first kappa shape index (κ1) is 19.9. The maximum absolute atomic E-state index is 6.20. The van der Waals surface area contributed by atoms with Crippen LogP contribution in [-0.2, 0) is 6.54 Å². The predicted octanol–water partition coefficient (Wildman–Crippen LogP) is 6.23. The van der Waals surface area contributed by atoms with E-state index < -0.39 is 0 Å². The summed E-state index contributed by atoms with van der Waals surface area (Å²) in [5.41, 5.74) is 3.52. The largest absolute Gasteiger partial charge is 0.490 e. The highest BCUT2D eigenvalue weighted by Crippen LogP contribution is 2.39. The maximum atomic E-state index is 6.20. The van der Waals surface area contributed by atoms with Gasteiger partial charge in [-0.25, -0.2) is 0 Å². The van der Waals surface area contributed by atoms with E-state index in [0.29, 0.717) is 6.61 Å². The molecule has 0 saturated heterocycles. The van der Waals surface area contributed by atoms with Gasteiger partial charge < -0.3 is 14.2 Å². The zero-order valence-electron chi connectivity index (χ0n) is 15.0. The molecule has 0 spiro atoms. The minimum absolute atomic E-state index is 0.659. The number of halogens is 3. The summed E-state index contributed by atoms with van der Waals surface area (Å²) in [6, 6.07) is 12.6. The molecule has 138 valence electrons. The Bertz CT molecular complexity index is 934. The van der Waals surface area contributed by atoms with Crippen LogP contribution in [0.2, 0.25) is 0 Å². The van der Waals surface area contributed by atoms with Crippen LogP contribution in [0.4, 0.5) is 0 Å². The van der Waals surface area contributed by atoms with Gasteiger partial charge >= 0.3 is 0 Å². The smallest absolute Gasteiger partial charge is 0.147 e. The second-order valence-electron chi connectivity index (χ2n) is 6.53. The van der Waals surface area contributed by atoms with E-state index in [9.17, 15) is 0 Å². The quantitative estimate of drug-likeness (QED) is 0.366. The van der Waals surface area contributed by atoms with Crippen LogP contribution in [0.15, 0.2) is 49.8 Å². The van der Waals surface area contributed by atoms with Crippen molar-refractivity contribution in [3.05, 3.63) is 61.1 Å². The summed E-state index contributed by atoms with van der Waals surface area (Å²) in [6.07, 6.45) is 0. The third-order valence-corrected chi connectivity index (χ3v) is 6.18. The standard InChI is InChI=1S/C20H21Br3N2O/c1-13-20(26-9-8-24(2)3)16-10-15(21)11-18(23)19(16)25(13)12-14-6-4-5-7-17(14)22/h4-7,10-11H,8-9,12H2,1-3H3. The van der Waals surface area contributed by atoms with Gasteiger partial charge in [0.2, 0.25) is 0 Å². The van der Waals surface area contributed by atoms with Gasteiger partial charge in [0.1, 0.15) is 12.4 Å². The van der Waals surface area contributed by atoms with E-state index in [1.165, 1.54) is 5.56 Å². The Morgan fingerprint density at radius 3 is 2.46 bits per heavy atom. The van der Waals surface area contributed by atoms with Crippen molar-refractivity contribution >= 4 is 58.7 Å². The molecule has 26 heavy (non-hydrogen) atoms. The lowest BCUT2D eigenvalue weighted by molar-refractivity contribution is 0.262. The molecule has 6 heteroatoms. The number of fused-ring (bicyclic) bond motifs is 1. The number of hydrogen-bond acceptors (Lipinski definition) is 2. The van der Waals surface area contributed by atoms with Crippen molar-refractivity contribution < 1.29 is 4.74 Å². The molecule has 0 unspecified atom stereocenters. The van der Waals surface area contributed by atoms with Gasteiger partial charge in [0.25, 0.3) is 0 Å². The van der Waals surface area contributed by atoms with Crippen LogP contribution >= 0.6 is 47.8 Å². The average molecular weight is 545 g/mol. The lowest BCUT2D eigenvalue weighted by Crippen LogP contribution is -2.19. The number of hydrogen-bond donors (Lipinski definition) is 0. The van der Waals surface area contributed by atoms with Gasteiger partial charge in [-0.05, 0) is 60.7 Å². The monoisotopic (exact) mass is 542 g/mol. The minimum atomic E-state index is 0.659.